The van der Waals surface area contributed by atoms with Crippen LogP contribution in [0.4, 0.5) is 0 Å². The SMILES string of the molecule is CN1CCCCC1CC(C)(C1CCCCC1)C1CCNCC1. The van der Waals surface area contributed by atoms with Crippen LogP contribution in [-0.4, -0.2) is 37.6 Å². The first-order valence-electron chi connectivity index (χ1n) is 10.1. The van der Waals surface area contributed by atoms with Crippen molar-refractivity contribution in [2.45, 2.75) is 83.6 Å². The molecule has 2 heterocycles. The third-order valence-corrected chi connectivity index (χ3v) is 7.41. The molecule has 0 aromatic rings. The van der Waals surface area contributed by atoms with Crippen molar-refractivity contribution in [1.29, 1.82) is 0 Å². The quantitative estimate of drug-likeness (QED) is 0.825. The molecule has 1 aliphatic carbocycles. The first-order chi connectivity index (χ1) is 10.7. The van der Waals surface area contributed by atoms with Crippen molar-refractivity contribution in [3.8, 4) is 0 Å². The highest BCUT2D eigenvalue weighted by atomic mass is 15.1. The minimum atomic E-state index is 0.596. The Morgan fingerprint density at radius 1 is 0.864 bits per heavy atom. The van der Waals surface area contributed by atoms with E-state index in [1.54, 1.807) is 0 Å². The van der Waals surface area contributed by atoms with Gasteiger partial charge >= 0.3 is 0 Å². The van der Waals surface area contributed by atoms with E-state index in [1.165, 1.54) is 90.3 Å². The molecule has 3 aliphatic rings. The van der Waals surface area contributed by atoms with Gasteiger partial charge in [0.2, 0.25) is 0 Å². The molecule has 2 unspecified atom stereocenters. The first kappa shape index (κ1) is 16.8. The Balaban J connectivity index is 1.74. The van der Waals surface area contributed by atoms with E-state index >= 15 is 0 Å². The topological polar surface area (TPSA) is 15.3 Å². The van der Waals surface area contributed by atoms with Crippen LogP contribution in [0, 0.1) is 17.3 Å². The van der Waals surface area contributed by atoms with E-state index in [1.807, 2.05) is 0 Å². The van der Waals surface area contributed by atoms with Crippen LogP contribution in [0.5, 0.6) is 0 Å². The van der Waals surface area contributed by atoms with E-state index < -0.39 is 0 Å². The van der Waals surface area contributed by atoms with Gasteiger partial charge in [0.25, 0.3) is 0 Å². The number of piperidine rings is 2. The molecule has 0 radical (unpaired) electrons. The summed E-state index contributed by atoms with van der Waals surface area (Å²) < 4.78 is 0. The van der Waals surface area contributed by atoms with Crippen molar-refractivity contribution in [1.82, 2.24) is 10.2 Å². The Hall–Kier alpha value is -0.0800. The monoisotopic (exact) mass is 306 g/mol. The summed E-state index contributed by atoms with van der Waals surface area (Å²) in [6.07, 6.45) is 16.1. The second-order valence-corrected chi connectivity index (χ2v) is 8.70. The van der Waals surface area contributed by atoms with Gasteiger partial charge in [-0.2, -0.15) is 0 Å². The van der Waals surface area contributed by atoms with E-state index in [4.69, 9.17) is 0 Å². The predicted octanol–water partition coefficient (Wildman–Crippen LogP) is 4.45. The molecular formula is C20H38N2. The molecule has 0 spiro atoms. The summed E-state index contributed by atoms with van der Waals surface area (Å²) in [5.41, 5.74) is 0.596. The number of nitrogens with one attached hydrogen (secondary N) is 1. The summed E-state index contributed by atoms with van der Waals surface area (Å²) in [6, 6.07) is 0.857. The van der Waals surface area contributed by atoms with Gasteiger partial charge in [-0.25, -0.2) is 0 Å². The van der Waals surface area contributed by atoms with Crippen molar-refractivity contribution in [3.05, 3.63) is 0 Å². The van der Waals surface area contributed by atoms with Gasteiger partial charge in [-0.15, -0.1) is 0 Å². The number of nitrogens with zero attached hydrogens (tertiary/aromatic N) is 1. The molecule has 3 fully saturated rings. The van der Waals surface area contributed by atoms with E-state index in [2.05, 4.69) is 24.2 Å². The summed E-state index contributed by atoms with van der Waals surface area (Å²) in [5.74, 6) is 1.96. The molecule has 3 rings (SSSR count). The third-order valence-electron chi connectivity index (χ3n) is 7.41. The molecule has 0 aromatic heterocycles. The van der Waals surface area contributed by atoms with Crippen LogP contribution in [0.1, 0.15) is 77.6 Å². The second kappa shape index (κ2) is 7.66. The molecule has 128 valence electrons. The lowest BCUT2D eigenvalue weighted by atomic mass is 9.58. The molecule has 2 heteroatoms. The van der Waals surface area contributed by atoms with Gasteiger partial charge in [-0.3, -0.25) is 0 Å². The fourth-order valence-corrected chi connectivity index (χ4v) is 5.82. The molecule has 1 N–H and O–H groups in total. The Morgan fingerprint density at radius 3 is 2.18 bits per heavy atom. The highest BCUT2D eigenvalue weighted by molar-refractivity contribution is 4.95. The van der Waals surface area contributed by atoms with Gasteiger partial charge in [-0.05, 0) is 88.9 Å². The molecule has 2 saturated heterocycles. The predicted molar refractivity (Wildman–Crippen MR) is 95.2 cm³/mol. The van der Waals surface area contributed by atoms with E-state index in [0.29, 0.717) is 5.41 Å². The molecular weight excluding hydrogens is 268 g/mol. The highest BCUT2D eigenvalue weighted by Gasteiger charge is 2.43. The van der Waals surface area contributed by atoms with Crippen LogP contribution in [0.3, 0.4) is 0 Å². The van der Waals surface area contributed by atoms with E-state index in [9.17, 15) is 0 Å². The largest absolute Gasteiger partial charge is 0.317 e. The number of hydrogen-bond donors (Lipinski definition) is 1. The maximum atomic E-state index is 3.59. The smallest absolute Gasteiger partial charge is 0.00976 e. The first-order valence-corrected chi connectivity index (χ1v) is 10.1. The van der Waals surface area contributed by atoms with Gasteiger partial charge in [0.15, 0.2) is 0 Å². The lowest BCUT2D eigenvalue weighted by molar-refractivity contribution is 0.00198. The summed E-state index contributed by atoms with van der Waals surface area (Å²) in [6.45, 7) is 6.54. The summed E-state index contributed by atoms with van der Waals surface area (Å²) in [5, 5.41) is 3.59. The van der Waals surface area contributed by atoms with Crippen molar-refractivity contribution < 1.29 is 0 Å². The Kier molecular flexibility index (Phi) is 5.84. The van der Waals surface area contributed by atoms with Gasteiger partial charge in [0.05, 0.1) is 0 Å². The summed E-state index contributed by atoms with van der Waals surface area (Å²) >= 11 is 0. The second-order valence-electron chi connectivity index (χ2n) is 8.70. The average Bonchev–Trinajstić information content (AvgIpc) is 2.58. The van der Waals surface area contributed by atoms with Crippen molar-refractivity contribution in [2.24, 2.45) is 17.3 Å². The van der Waals surface area contributed by atoms with Crippen LogP contribution < -0.4 is 5.32 Å². The summed E-state index contributed by atoms with van der Waals surface area (Å²) in [4.78, 5) is 2.69. The van der Waals surface area contributed by atoms with Crippen LogP contribution >= 0.6 is 0 Å². The van der Waals surface area contributed by atoms with Gasteiger partial charge < -0.3 is 10.2 Å². The fraction of sp³-hybridized carbons (Fsp3) is 1.00. The minimum Gasteiger partial charge on any atom is -0.317 e. The maximum absolute atomic E-state index is 3.59. The average molecular weight is 307 g/mol. The zero-order valence-corrected chi connectivity index (χ0v) is 15.1. The molecule has 1 saturated carbocycles. The maximum Gasteiger partial charge on any atom is 0.00976 e. The van der Waals surface area contributed by atoms with Gasteiger partial charge in [0, 0.05) is 6.04 Å². The van der Waals surface area contributed by atoms with Gasteiger partial charge in [-0.1, -0.05) is 32.6 Å². The fourth-order valence-electron chi connectivity index (χ4n) is 5.82. The lowest BCUT2D eigenvalue weighted by Crippen LogP contribution is -2.47. The molecule has 2 atom stereocenters. The number of rotatable bonds is 4. The minimum absolute atomic E-state index is 0.596. The Bertz CT molecular complexity index is 311. The molecule has 0 aromatic carbocycles. The molecule has 2 aliphatic heterocycles. The van der Waals surface area contributed by atoms with Crippen LogP contribution in [0.25, 0.3) is 0 Å². The number of hydrogen-bond acceptors (Lipinski definition) is 2. The summed E-state index contributed by atoms with van der Waals surface area (Å²) in [7, 11) is 2.38. The van der Waals surface area contributed by atoms with E-state index in [0.717, 1.165) is 17.9 Å². The third kappa shape index (κ3) is 3.70. The van der Waals surface area contributed by atoms with Crippen molar-refractivity contribution in [3.63, 3.8) is 0 Å². The standard InChI is InChI=1S/C20H38N2/c1-20(17-8-4-3-5-9-17,18-11-13-21-14-12-18)16-19-10-6-7-15-22(19)2/h17-19,21H,3-16H2,1-2H3. The zero-order valence-electron chi connectivity index (χ0n) is 15.1. The Labute approximate surface area is 138 Å². The highest BCUT2D eigenvalue weighted by Crippen LogP contribution is 2.50. The molecule has 0 bridgehead atoms. The lowest BCUT2D eigenvalue weighted by Gasteiger charge is -2.50. The number of likely N-dealkylation sites (tertiary alicyclic amines) is 1. The van der Waals surface area contributed by atoms with Crippen LogP contribution in [-0.2, 0) is 0 Å². The van der Waals surface area contributed by atoms with Crippen LogP contribution in [0.2, 0.25) is 0 Å². The molecule has 2 nitrogen and oxygen atoms in total. The normalized spacial score (nSPS) is 32.7. The van der Waals surface area contributed by atoms with E-state index in [-0.39, 0.29) is 0 Å². The van der Waals surface area contributed by atoms with Crippen molar-refractivity contribution >= 4 is 0 Å². The Morgan fingerprint density at radius 2 is 1.50 bits per heavy atom. The van der Waals surface area contributed by atoms with Crippen LogP contribution in [0.15, 0.2) is 0 Å². The van der Waals surface area contributed by atoms with Crippen molar-refractivity contribution in [2.75, 3.05) is 26.7 Å². The zero-order chi connectivity index (χ0) is 15.4. The molecule has 22 heavy (non-hydrogen) atoms. The molecule has 0 amide bonds. The van der Waals surface area contributed by atoms with Gasteiger partial charge in [0.1, 0.15) is 0 Å².